The standard InChI is InChI=1S/C19H30FN3O2.HI/c1-4-21-19(23-11-10-16(13-23)14-24-5-2)22-12-15(3)25-18-8-6-17(20)7-9-18;/h6-9,15-16H,4-5,10-14H2,1-3H3,(H,21,22);1H. The van der Waals surface area contributed by atoms with Crippen LogP contribution >= 0.6 is 24.0 Å². The van der Waals surface area contributed by atoms with E-state index >= 15 is 0 Å². The average Bonchev–Trinajstić information content (AvgIpc) is 3.07. The van der Waals surface area contributed by atoms with Gasteiger partial charge in [0, 0.05) is 32.2 Å². The number of nitrogens with one attached hydrogen (secondary N) is 1. The van der Waals surface area contributed by atoms with Crippen molar-refractivity contribution < 1.29 is 13.9 Å². The number of aliphatic imine (C=N–C) groups is 1. The maximum atomic E-state index is 12.9. The van der Waals surface area contributed by atoms with Gasteiger partial charge in [0.05, 0.1) is 13.2 Å². The Morgan fingerprint density at radius 2 is 2.08 bits per heavy atom. The summed E-state index contributed by atoms with van der Waals surface area (Å²) in [7, 11) is 0. The molecular formula is C19H31FIN3O2. The molecule has 148 valence electrons. The van der Waals surface area contributed by atoms with Crippen molar-refractivity contribution in [3.05, 3.63) is 30.1 Å². The Balaban J connectivity index is 0.00000338. The van der Waals surface area contributed by atoms with Crippen LogP contribution < -0.4 is 10.1 Å². The monoisotopic (exact) mass is 479 g/mol. The van der Waals surface area contributed by atoms with Crippen LogP contribution in [0, 0.1) is 11.7 Å². The van der Waals surface area contributed by atoms with Crippen LogP contribution in [0.2, 0.25) is 0 Å². The maximum absolute atomic E-state index is 12.9. The Kier molecular flexibility index (Phi) is 10.9. The van der Waals surface area contributed by atoms with Gasteiger partial charge < -0.3 is 19.7 Å². The van der Waals surface area contributed by atoms with Gasteiger partial charge >= 0.3 is 0 Å². The van der Waals surface area contributed by atoms with Crippen molar-refractivity contribution in [2.45, 2.75) is 33.3 Å². The third kappa shape index (κ3) is 7.65. The lowest BCUT2D eigenvalue weighted by Crippen LogP contribution is -2.41. The molecule has 1 aromatic carbocycles. The summed E-state index contributed by atoms with van der Waals surface area (Å²) in [5.41, 5.74) is 0. The Bertz CT molecular complexity index is 542. The van der Waals surface area contributed by atoms with E-state index in [2.05, 4.69) is 17.1 Å². The van der Waals surface area contributed by atoms with Gasteiger partial charge in [-0.1, -0.05) is 0 Å². The lowest BCUT2D eigenvalue weighted by atomic mass is 10.1. The first-order valence-electron chi connectivity index (χ1n) is 9.15. The molecule has 1 saturated heterocycles. The van der Waals surface area contributed by atoms with E-state index in [0.717, 1.165) is 45.2 Å². The van der Waals surface area contributed by atoms with E-state index in [1.807, 2.05) is 13.8 Å². The van der Waals surface area contributed by atoms with Crippen LogP contribution in [-0.2, 0) is 4.74 Å². The van der Waals surface area contributed by atoms with Crippen LogP contribution in [0.5, 0.6) is 5.75 Å². The summed E-state index contributed by atoms with van der Waals surface area (Å²) in [6.45, 7) is 11.0. The topological polar surface area (TPSA) is 46.1 Å². The number of nitrogens with zero attached hydrogens (tertiary/aromatic N) is 2. The zero-order chi connectivity index (χ0) is 18.1. The second kappa shape index (κ2) is 12.3. The molecule has 7 heteroatoms. The first kappa shape index (κ1) is 23.0. The summed E-state index contributed by atoms with van der Waals surface area (Å²) >= 11 is 0. The van der Waals surface area contributed by atoms with Gasteiger partial charge in [-0.3, -0.25) is 0 Å². The van der Waals surface area contributed by atoms with Crippen molar-refractivity contribution in [2.24, 2.45) is 10.9 Å². The van der Waals surface area contributed by atoms with E-state index in [1.54, 1.807) is 12.1 Å². The normalized spacial score (nSPS) is 18.4. The number of hydrogen-bond acceptors (Lipinski definition) is 3. The molecule has 1 heterocycles. The summed E-state index contributed by atoms with van der Waals surface area (Å²) in [6, 6.07) is 6.08. The third-order valence-corrected chi connectivity index (χ3v) is 4.13. The quantitative estimate of drug-likeness (QED) is 0.352. The predicted molar refractivity (Wildman–Crippen MR) is 114 cm³/mol. The molecule has 0 saturated carbocycles. The first-order chi connectivity index (χ1) is 12.1. The van der Waals surface area contributed by atoms with Crippen LogP contribution in [-0.4, -0.2) is 56.4 Å². The summed E-state index contributed by atoms with van der Waals surface area (Å²) in [5.74, 6) is 1.89. The van der Waals surface area contributed by atoms with Crippen LogP contribution in [0.1, 0.15) is 27.2 Å². The fourth-order valence-corrected chi connectivity index (χ4v) is 2.87. The molecule has 26 heavy (non-hydrogen) atoms. The van der Waals surface area contributed by atoms with E-state index in [4.69, 9.17) is 14.5 Å². The third-order valence-electron chi connectivity index (χ3n) is 4.13. The number of halogens is 2. The first-order valence-corrected chi connectivity index (χ1v) is 9.15. The number of ether oxygens (including phenoxy) is 2. The van der Waals surface area contributed by atoms with Crippen molar-refractivity contribution in [3.63, 3.8) is 0 Å². The predicted octanol–water partition coefficient (Wildman–Crippen LogP) is 3.53. The van der Waals surface area contributed by atoms with Crippen LogP contribution in [0.25, 0.3) is 0 Å². The highest BCUT2D eigenvalue weighted by molar-refractivity contribution is 14.0. The van der Waals surface area contributed by atoms with Gasteiger partial charge in [-0.25, -0.2) is 9.38 Å². The number of rotatable bonds is 8. The zero-order valence-corrected chi connectivity index (χ0v) is 18.2. The molecule has 0 spiro atoms. The summed E-state index contributed by atoms with van der Waals surface area (Å²) in [6.07, 6.45) is 1.05. The maximum Gasteiger partial charge on any atom is 0.194 e. The van der Waals surface area contributed by atoms with Crippen LogP contribution in [0.3, 0.4) is 0 Å². The lowest BCUT2D eigenvalue weighted by Gasteiger charge is -2.22. The zero-order valence-electron chi connectivity index (χ0n) is 15.9. The molecule has 0 amide bonds. The molecule has 1 N–H and O–H groups in total. The molecule has 5 nitrogen and oxygen atoms in total. The fourth-order valence-electron chi connectivity index (χ4n) is 2.87. The van der Waals surface area contributed by atoms with Gasteiger partial charge in [0.15, 0.2) is 5.96 Å². The molecule has 2 rings (SSSR count). The van der Waals surface area contributed by atoms with E-state index in [0.29, 0.717) is 18.2 Å². The molecule has 0 bridgehead atoms. The Morgan fingerprint density at radius 1 is 1.35 bits per heavy atom. The second-order valence-electron chi connectivity index (χ2n) is 6.34. The van der Waals surface area contributed by atoms with Gasteiger partial charge in [0.2, 0.25) is 0 Å². The Labute approximate surface area is 173 Å². The molecule has 0 radical (unpaired) electrons. The van der Waals surface area contributed by atoms with Crippen molar-refractivity contribution in [1.29, 1.82) is 0 Å². The molecular weight excluding hydrogens is 448 g/mol. The number of likely N-dealkylation sites (tertiary alicyclic amines) is 1. The molecule has 0 aliphatic carbocycles. The van der Waals surface area contributed by atoms with E-state index < -0.39 is 0 Å². The van der Waals surface area contributed by atoms with Crippen molar-refractivity contribution >= 4 is 29.9 Å². The lowest BCUT2D eigenvalue weighted by molar-refractivity contribution is 0.114. The largest absolute Gasteiger partial charge is 0.489 e. The van der Waals surface area contributed by atoms with Crippen molar-refractivity contribution in [2.75, 3.05) is 39.4 Å². The van der Waals surface area contributed by atoms with Gasteiger partial charge in [-0.05, 0) is 51.5 Å². The molecule has 0 aromatic heterocycles. The van der Waals surface area contributed by atoms with Gasteiger partial charge in [-0.15, -0.1) is 24.0 Å². The molecule has 1 aliphatic rings. The number of hydrogen-bond donors (Lipinski definition) is 1. The van der Waals surface area contributed by atoms with Gasteiger partial charge in [-0.2, -0.15) is 0 Å². The highest BCUT2D eigenvalue weighted by Crippen LogP contribution is 2.17. The van der Waals surface area contributed by atoms with Crippen LogP contribution in [0.15, 0.2) is 29.3 Å². The molecule has 1 aromatic rings. The minimum atomic E-state index is -0.261. The molecule has 1 aliphatic heterocycles. The number of benzene rings is 1. The average molecular weight is 479 g/mol. The summed E-state index contributed by atoms with van der Waals surface area (Å²) in [5, 5.41) is 3.36. The van der Waals surface area contributed by atoms with E-state index in [-0.39, 0.29) is 35.9 Å². The highest BCUT2D eigenvalue weighted by Gasteiger charge is 2.25. The minimum Gasteiger partial charge on any atom is -0.489 e. The number of guanidine groups is 1. The molecule has 2 atom stereocenters. The molecule has 2 unspecified atom stereocenters. The minimum absolute atomic E-state index is 0. The smallest absolute Gasteiger partial charge is 0.194 e. The Hall–Kier alpha value is -1.09. The van der Waals surface area contributed by atoms with Gasteiger partial charge in [0.25, 0.3) is 0 Å². The van der Waals surface area contributed by atoms with Gasteiger partial charge in [0.1, 0.15) is 17.7 Å². The summed E-state index contributed by atoms with van der Waals surface area (Å²) < 4.78 is 24.3. The van der Waals surface area contributed by atoms with E-state index in [9.17, 15) is 4.39 Å². The van der Waals surface area contributed by atoms with Crippen LogP contribution in [0.4, 0.5) is 4.39 Å². The fraction of sp³-hybridized carbons (Fsp3) is 0.632. The van der Waals surface area contributed by atoms with E-state index in [1.165, 1.54) is 12.1 Å². The highest BCUT2D eigenvalue weighted by atomic mass is 127. The summed E-state index contributed by atoms with van der Waals surface area (Å²) in [4.78, 5) is 7.00. The van der Waals surface area contributed by atoms with Crippen molar-refractivity contribution in [3.8, 4) is 5.75 Å². The second-order valence-corrected chi connectivity index (χ2v) is 6.34. The SMILES string of the molecule is CCNC(=NCC(C)Oc1ccc(F)cc1)N1CCC(COCC)C1.I. The Morgan fingerprint density at radius 3 is 2.73 bits per heavy atom. The van der Waals surface area contributed by atoms with Crippen molar-refractivity contribution in [1.82, 2.24) is 10.2 Å². The molecule has 1 fully saturated rings.